The monoisotopic (exact) mass is 414 g/mol. The number of carbonyl (C=O) groups excluding carboxylic acids is 1. The molecule has 0 aliphatic carbocycles. The van der Waals surface area contributed by atoms with Crippen molar-refractivity contribution in [2.24, 2.45) is 5.92 Å². The van der Waals surface area contributed by atoms with E-state index in [0.29, 0.717) is 11.1 Å². The second-order valence-corrected chi connectivity index (χ2v) is 7.02. The van der Waals surface area contributed by atoms with E-state index in [4.69, 9.17) is 4.74 Å². The quantitative estimate of drug-likeness (QED) is 0.386. The molecule has 2 N–H and O–H groups in total. The van der Waals surface area contributed by atoms with Crippen LogP contribution in [0.25, 0.3) is 11.1 Å². The van der Waals surface area contributed by atoms with E-state index < -0.39 is 41.5 Å². The Morgan fingerprint density at radius 2 is 1.87 bits per heavy atom. The maximum atomic E-state index is 14.7. The Balaban J connectivity index is 1.79. The predicted octanol–water partition coefficient (Wildman–Crippen LogP) is 1.61. The van der Waals surface area contributed by atoms with Gasteiger partial charge >= 0.3 is 17.1 Å². The maximum absolute atomic E-state index is 14.7. The predicted molar refractivity (Wildman–Crippen MR) is 110 cm³/mol. The number of aliphatic hydroxyl groups is 1. The van der Waals surface area contributed by atoms with Crippen molar-refractivity contribution in [2.75, 3.05) is 18.6 Å². The van der Waals surface area contributed by atoms with Crippen LogP contribution >= 0.6 is 0 Å². The lowest BCUT2D eigenvalue weighted by atomic mass is 9.94. The third-order valence-corrected chi connectivity index (χ3v) is 4.86. The van der Waals surface area contributed by atoms with Crippen LogP contribution in [0.1, 0.15) is 18.9 Å². The average molecular weight is 414 g/mol. The molecule has 0 saturated carbocycles. The number of aliphatic hydroxyl groups excluding tert-OH is 1. The molecule has 3 rings (SSSR count). The zero-order valence-corrected chi connectivity index (χ0v) is 16.5. The van der Waals surface area contributed by atoms with Crippen LogP contribution in [0.2, 0.25) is 0 Å². The Bertz CT molecular complexity index is 1050. The van der Waals surface area contributed by atoms with Crippen molar-refractivity contribution in [3.05, 3.63) is 80.6 Å². The van der Waals surface area contributed by atoms with Crippen molar-refractivity contribution in [1.82, 2.24) is 4.68 Å². The summed E-state index contributed by atoms with van der Waals surface area (Å²) in [7, 11) is 0. The zero-order chi connectivity index (χ0) is 21.7. The third kappa shape index (κ3) is 5.01. The van der Waals surface area contributed by atoms with Gasteiger partial charge in [0.15, 0.2) is 0 Å². The number of nitrogens with one attached hydrogen (secondary N) is 1. The lowest BCUT2D eigenvalue weighted by Crippen LogP contribution is -2.35. The van der Waals surface area contributed by atoms with E-state index in [-0.39, 0.29) is 19.4 Å². The minimum absolute atomic E-state index is 0.106. The lowest BCUT2D eigenvalue weighted by Gasteiger charge is -2.22. The molecule has 0 bridgehead atoms. The van der Waals surface area contributed by atoms with E-state index in [1.807, 2.05) is 30.3 Å². The summed E-state index contributed by atoms with van der Waals surface area (Å²) in [6, 6.07) is 13.4. The van der Waals surface area contributed by atoms with Crippen LogP contribution in [-0.2, 0) is 16.0 Å². The van der Waals surface area contributed by atoms with Gasteiger partial charge < -0.3 is 15.3 Å². The molecule has 2 atom stereocenters. The van der Waals surface area contributed by atoms with Gasteiger partial charge in [-0.15, -0.1) is 0 Å². The summed E-state index contributed by atoms with van der Waals surface area (Å²) in [5.41, 5.74) is 3.23. The minimum atomic E-state index is -0.832. The fourth-order valence-electron chi connectivity index (χ4n) is 3.29. The molecule has 3 aromatic rings. The minimum Gasteiger partial charge on any atom is -0.466 e. The average Bonchev–Trinajstić information content (AvgIpc) is 3.30. The summed E-state index contributed by atoms with van der Waals surface area (Å²) >= 11 is 0. The number of carbonyl (C=O) groups is 1. The fraction of sp³-hybridized carbons (Fsp3) is 0.318. The van der Waals surface area contributed by atoms with E-state index in [2.05, 4.69) is 5.43 Å². The van der Waals surface area contributed by atoms with Crippen LogP contribution in [0, 0.1) is 11.7 Å². The highest BCUT2D eigenvalue weighted by Crippen LogP contribution is 2.24. The Labute approximate surface area is 172 Å². The van der Waals surface area contributed by atoms with Crippen LogP contribution in [-0.4, -0.2) is 35.0 Å². The van der Waals surface area contributed by atoms with Gasteiger partial charge in [-0.1, -0.05) is 42.5 Å². The second kappa shape index (κ2) is 9.49. The summed E-state index contributed by atoms with van der Waals surface area (Å²) < 4.78 is 20.5. The number of nitrogens with zero attached hydrogens (tertiary/aromatic N) is 1. The van der Waals surface area contributed by atoms with Crippen molar-refractivity contribution in [2.45, 2.75) is 25.8 Å². The van der Waals surface area contributed by atoms with Gasteiger partial charge in [0.25, 0.3) is 0 Å². The number of benzene rings is 2. The van der Waals surface area contributed by atoms with Gasteiger partial charge in [-0.05, 0) is 37.0 Å². The number of aromatic nitrogens is 1. The summed E-state index contributed by atoms with van der Waals surface area (Å²) in [6.07, 6.45) is 0.341. The largest absolute Gasteiger partial charge is 0.466 e. The molecule has 0 amide bonds. The van der Waals surface area contributed by atoms with Gasteiger partial charge in [0.05, 0.1) is 19.1 Å². The van der Waals surface area contributed by atoms with Gasteiger partial charge in [0, 0.05) is 11.6 Å². The lowest BCUT2D eigenvalue weighted by molar-refractivity contribution is -0.149. The number of ether oxygens (including phenoxy) is 1. The molecule has 0 saturated heterocycles. The highest BCUT2D eigenvalue weighted by Gasteiger charge is 2.27. The van der Waals surface area contributed by atoms with Crippen molar-refractivity contribution in [3.8, 4) is 11.1 Å². The van der Waals surface area contributed by atoms with Crippen molar-refractivity contribution in [1.29, 1.82) is 0 Å². The van der Waals surface area contributed by atoms with Gasteiger partial charge in [-0.2, -0.15) is 4.68 Å². The molecule has 0 aliphatic rings. The van der Waals surface area contributed by atoms with Gasteiger partial charge in [0.2, 0.25) is 0 Å². The number of hydrogen-bond donors (Lipinski definition) is 2. The Morgan fingerprint density at radius 1 is 1.17 bits per heavy atom. The topological polar surface area (TPSA) is 97.6 Å². The molecule has 0 radical (unpaired) electrons. The molecular weight excluding hydrogens is 391 g/mol. The van der Waals surface area contributed by atoms with Gasteiger partial charge in [0.1, 0.15) is 5.82 Å². The van der Waals surface area contributed by atoms with Crippen molar-refractivity contribution < 1.29 is 19.0 Å². The molecule has 7 nitrogen and oxygen atoms in total. The first-order valence-corrected chi connectivity index (χ1v) is 9.70. The Morgan fingerprint density at radius 3 is 2.43 bits per heavy atom. The molecule has 0 unspecified atom stereocenters. The molecule has 8 heteroatoms. The van der Waals surface area contributed by atoms with E-state index in [0.717, 1.165) is 10.2 Å². The van der Waals surface area contributed by atoms with E-state index in [9.17, 15) is 23.9 Å². The molecular formula is C22H23FN2O5. The SMILES string of the molecule is CCOC(=O)[C@H](CO)C[C@@H](Cc1ccc(-c2ccccc2)c(F)c1)Nn1c(=O)c1=O. The first-order chi connectivity index (χ1) is 14.4. The van der Waals surface area contributed by atoms with Crippen LogP contribution < -0.4 is 16.5 Å². The number of halogens is 1. The van der Waals surface area contributed by atoms with Crippen molar-refractivity contribution in [3.63, 3.8) is 0 Å². The van der Waals surface area contributed by atoms with Crippen LogP contribution in [0.5, 0.6) is 0 Å². The standard InChI is InChI=1S/C22H23FN2O5/c1-2-30-22(29)16(13-26)12-17(24-25-20(27)21(25)28)10-14-8-9-18(19(23)11-14)15-6-4-3-5-7-15/h3-9,11,16-17,24,26H,2,10,12-13H2,1H3/t16-,17+/m0/s1. The summed E-state index contributed by atoms with van der Waals surface area (Å²) in [5.74, 6) is -1.80. The summed E-state index contributed by atoms with van der Waals surface area (Å²) in [4.78, 5) is 34.8. The number of rotatable bonds is 10. The Hall–Kier alpha value is -3.26. The molecule has 0 aliphatic heterocycles. The van der Waals surface area contributed by atoms with Crippen LogP contribution in [0.4, 0.5) is 4.39 Å². The summed E-state index contributed by atoms with van der Waals surface area (Å²) in [5, 5.41) is 9.56. The van der Waals surface area contributed by atoms with Gasteiger partial charge in [-0.3, -0.25) is 14.4 Å². The van der Waals surface area contributed by atoms with Crippen LogP contribution in [0.15, 0.2) is 58.1 Å². The third-order valence-electron chi connectivity index (χ3n) is 4.86. The smallest absolute Gasteiger partial charge is 0.340 e. The van der Waals surface area contributed by atoms with E-state index >= 15 is 0 Å². The van der Waals surface area contributed by atoms with E-state index in [1.54, 1.807) is 19.1 Å². The van der Waals surface area contributed by atoms with Crippen molar-refractivity contribution >= 4 is 5.97 Å². The number of hydrogen-bond acceptors (Lipinski definition) is 6. The molecule has 0 fully saturated rings. The first-order valence-electron chi connectivity index (χ1n) is 9.70. The maximum Gasteiger partial charge on any atom is 0.340 e. The molecule has 2 aromatic carbocycles. The molecule has 1 heterocycles. The normalized spacial score (nSPS) is 13.2. The van der Waals surface area contributed by atoms with Gasteiger partial charge in [-0.25, -0.2) is 4.39 Å². The number of esters is 1. The molecule has 30 heavy (non-hydrogen) atoms. The Kier molecular flexibility index (Phi) is 6.79. The molecule has 158 valence electrons. The fourth-order valence-corrected chi connectivity index (χ4v) is 3.29. The summed E-state index contributed by atoms with van der Waals surface area (Å²) in [6.45, 7) is 1.38. The molecule has 0 spiro atoms. The first kappa shape index (κ1) is 21.4. The van der Waals surface area contributed by atoms with E-state index in [1.165, 1.54) is 6.07 Å². The highest BCUT2D eigenvalue weighted by atomic mass is 19.1. The second-order valence-electron chi connectivity index (χ2n) is 7.02. The molecule has 1 aromatic heterocycles. The zero-order valence-electron chi connectivity index (χ0n) is 16.5. The highest BCUT2D eigenvalue weighted by molar-refractivity contribution is 5.72. The van der Waals surface area contributed by atoms with Crippen LogP contribution in [0.3, 0.4) is 0 Å².